The first-order chi connectivity index (χ1) is 12.2. The van der Waals surface area contributed by atoms with Gasteiger partial charge in [-0.25, -0.2) is 0 Å². The van der Waals surface area contributed by atoms with E-state index in [4.69, 9.17) is 9.47 Å². The molecular formula is C19H26N2O4. The third-order valence-corrected chi connectivity index (χ3v) is 4.85. The fourth-order valence-electron chi connectivity index (χ4n) is 3.44. The van der Waals surface area contributed by atoms with Gasteiger partial charge in [-0.15, -0.1) is 0 Å². The van der Waals surface area contributed by atoms with Crippen LogP contribution in [0.25, 0.3) is 0 Å². The summed E-state index contributed by atoms with van der Waals surface area (Å²) in [6.07, 6.45) is 4.37. The van der Waals surface area contributed by atoms with Gasteiger partial charge >= 0.3 is 0 Å². The molecule has 3 rings (SSSR count). The molecule has 6 heteroatoms. The van der Waals surface area contributed by atoms with E-state index in [0.29, 0.717) is 26.1 Å². The first-order valence-electron chi connectivity index (χ1n) is 9.00. The number of rotatable bonds is 5. The first-order valence-corrected chi connectivity index (χ1v) is 9.00. The Bertz CT molecular complexity index is 632. The summed E-state index contributed by atoms with van der Waals surface area (Å²) in [5, 5.41) is 2.96. The van der Waals surface area contributed by atoms with Crippen molar-refractivity contribution in [3.8, 4) is 11.5 Å². The molecule has 0 spiro atoms. The summed E-state index contributed by atoms with van der Waals surface area (Å²) in [6.45, 7) is 1.95. The number of fused-ring (bicyclic) bond motifs is 1. The van der Waals surface area contributed by atoms with Gasteiger partial charge in [0.25, 0.3) is 0 Å². The topological polar surface area (TPSA) is 67.9 Å². The second-order valence-electron chi connectivity index (χ2n) is 6.76. The predicted molar refractivity (Wildman–Crippen MR) is 93.7 cm³/mol. The number of likely N-dealkylation sites (tertiary alicyclic amines) is 1. The van der Waals surface area contributed by atoms with Crippen LogP contribution < -0.4 is 14.8 Å². The average Bonchev–Trinajstić information content (AvgIpc) is 2.83. The third kappa shape index (κ3) is 4.44. The molecule has 25 heavy (non-hydrogen) atoms. The number of carbonyl (C=O) groups excluding carboxylic acids is 2. The van der Waals surface area contributed by atoms with Crippen molar-refractivity contribution < 1.29 is 19.1 Å². The van der Waals surface area contributed by atoms with E-state index in [9.17, 15) is 9.59 Å². The van der Waals surface area contributed by atoms with Gasteiger partial charge in [0.15, 0.2) is 11.5 Å². The Morgan fingerprint density at radius 3 is 3.08 bits per heavy atom. The average molecular weight is 346 g/mol. The minimum Gasteiger partial charge on any atom is -0.493 e. The van der Waals surface area contributed by atoms with E-state index in [2.05, 4.69) is 5.32 Å². The lowest BCUT2D eigenvalue weighted by Gasteiger charge is -2.27. The van der Waals surface area contributed by atoms with Crippen LogP contribution in [0.3, 0.4) is 0 Å². The number of hydrogen-bond acceptors (Lipinski definition) is 4. The van der Waals surface area contributed by atoms with E-state index in [1.165, 1.54) is 0 Å². The van der Waals surface area contributed by atoms with E-state index in [0.717, 1.165) is 42.7 Å². The number of hydrogen-bond donors (Lipinski definition) is 1. The van der Waals surface area contributed by atoms with E-state index >= 15 is 0 Å². The summed E-state index contributed by atoms with van der Waals surface area (Å²) in [5.41, 5.74) is 1.10. The molecule has 136 valence electrons. The Kier molecular flexibility index (Phi) is 5.79. The molecule has 1 saturated heterocycles. The van der Waals surface area contributed by atoms with E-state index in [-0.39, 0.29) is 24.3 Å². The number of nitrogens with zero attached hydrogens (tertiary/aromatic N) is 1. The highest BCUT2D eigenvalue weighted by Gasteiger charge is 2.24. The highest BCUT2D eigenvalue weighted by atomic mass is 16.5. The third-order valence-electron chi connectivity index (χ3n) is 4.85. The van der Waals surface area contributed by atoms with Crippen LogP contribution >= 0.6 is 0 Å². The molecule has 1 N–H and O–H groups in total. The van der Waals surface area contributed by atoms with Gasteiger partial charge in [-0.2, -0.15) is 0 Å². The minimum absolute atomic E-state index is 0.0910. The lowest BCUT2D eigenvalue weighted by atomic mass is 9.96. The molecule has 2 aliphatic rings. The Morgan fingerprint density at radius 1 is 1.36 bits per heavy atom. The zero-order chi connectivity index (χ0) is 17.6. The van der Waals surface area contributed by atoms with Crippen LogP contribution in [0.2, 0.25) is 0 Å². The molecule has 2 aliphatic heterocycles. The van der Waals surface area contributed by atoms with Gasteiger partial charge in [-0.3, -0.25) is 9.59 Å². The SMILES string of the molecule is COc1cccc2c1OCC(CNC(=O)CN1CCCCCC1=O)C2. The van der Waals surface area contributed by atoms with E-state index in [1.807, 2.05) is 18.2 Å². The standard InChI is InChI=1S/C19H26N2O4/c1-24-16-7-5-6-15-10-14(13-25-19(15)16)11-20-17(22)12-21-9-4-2-3-8-18(21)23/h5-7,14H,2-4,8-13H2,1H3,(H,20,22). The highest BCUT2D eigenvalue weighted by Crippen LogP contribution is 2.35. The highest BCUT2D eigenvalue weighted by molar-refractivity contribution is 5.84. The number of benzene rings is 1. The van der Waals surface area contributed by atoms with Crippen LogP contribution in [0.1, 0.15) is 31.2 Å². The molecule has 6 nitrogen and oxygen atoms in total. The van der Waals surface area contributed by atoms with E-state index in [1.54, 1.807) is 12.0 Å². The van der Waals surface area contributed by atoms with Gasteiger partial charge in [0.1, 0.15) is 0 Å². The molecule has 1 aromatic rings. The summed E-state index contributed by atoms with van der Waals surface area (Å²) >= 11 is 0. The van der Waals surface area contributed by atoms with Crippen molar-refractivity contribution in [1.29, 1.82) is 0 Å². The van der Waals surface area contributed by atoms with Crippen molar-refractivity contribution in [3.05, 3.63) is 23.8 Å². The fraction of sp³-hybridized carbons (Fsp3) is 0.579. The molecule has 1 atom stereocenters. The number of para-hydroxylation sites is 1. The van der Waals surface area contributed by atoms with Crippen molar-refractivity contribution in [3.63, 3.8) is 0 Å². The van der Waals surface area contributed by atoms with Crippen LogP contribution in [0.5, 0.6) is 11.5 Å². The second-order valence-corrected chi connectivity index (χ2v) is 6.76. The van der Waals surface area contributed by atoms with Gasteiger partial charge in [0, 0.05) is 25.4 Å². The smallest absolute Gasteiger partial charge is 0.239 e. The Hall–Kier alpha value is -2.24. The quantitative estimate of drug-likeness (QED) is 0.882. The van der Waals surface area contributed by atoms with Crippen LogP contribution in [-0.2, 0) is 16.0 Å². The predicted octanol–water partition coefficient (Wildman–Crippen LogP) is 1.77. The first kappa shape index (κ1) is 17.6. The zero-order valence-corrected chi connectivity index (χ0v) is 14.8. The maximum absolute atomic E-state index is 12.2. The summed E-state index contributed by atoms with van der Waals surface area (Å²) in [7, 11) is 1.63. The molecule has 0 radical (unpaired) electrons. The Balaban J connectivity index is 1.49. The zero-order valence-electron chi connectivity index (χ0n) is 14.8. The molecule has 2 amide bonds. The normalized spacial score (nSPS) is 20.3. The Labute approximate surface area is 148 Å². The largest absolute Gasteiger partial charge is 0.493 e. The molecule has 1 fully saturated rings. The maximum atomic E-state index is 12.2. The number of amides is 2. The van der Waals surface area contributed by atoms with Gasteiger partial charge in [0.05, 0.1) is 20.3 Å². The molecule has 0 aromatic heterocycles. The van der Waals surface area contributed by atoms with Crippen LogP contribution in [0, 0.1) is 5.92 Å². The van der Waals surface area contributed by atoms with Crippen LogP contribution in [0.15, 0.2) is 18.2 Å². The maximum Gasteiger partial charge on any atom is 0.239 e. The summed E-state index contributed by atoms with van der Waals surface area (Å²) in [5.74, 6) is 1.78. The molecular weight excluding hydrogens is 320 g/mol. The van der Waals surface area contributed by atoms with Crippen molar-refractivity contribution in [1.82, 2.24) is 10.2 Å². The number of methoxy groups -OCH3 is 1. The van der Waals surface area contributed by atoms with Gasteiger partial charge in [-0.1, -0.05) is 18.6 Å². The van der Waals surface area contributed by atoms with E-state index < -0.39 is 0 Å². The molecule has 2 heterocycles. The summed E-state index contributed by atoms with van der Waals surface area (Å²) < 4.78 is 11.2. The minimum atomic E-state index is -0.0910. The molecule has 0 aliphatic carbocycles. The van der Waals surface area contributed by atoms with Crippen LogP contribution in [-0.4, -0.2) is 50.1 Å². The monoisotopic (exact) mass is 346 g/mol. The van der Waals surface area contributed by atoms with Gasteiger partial charge in [0.2, 0.25) is 11.8 Å². The molecule has 1 aromatic carbocycles. The van der Waals surface area contributed by atoms with Crippen molar-refractivity contribution in [2.24, 2.45) is 5.92 Å². The van der Waals surface area contributed by atoms with Gasteiger partial charge < -0.3 is 19.7 Å². The lowest BCUT2D eigenvalue weighted by molar-refractivity contribution is -0.135. The van der Waals surface area contributed by atoms with Gasteiger partial charge in [-0.05, 0) is 30.9 Å². The number of nitrogens with one attached hydrogen (secondary N) is 1. The Morgan fingerprint density at radius 2 is 2.24 bits per heavy atom. The van der Waals surface area contributed by atoms with Crippen molar-refractivity contribution in [2.75, 3.05) is 33.4 Å². The summed E-state index contributed by atoms with van der Waals surface area (Å²) in [6, 6.07) is 5.87. The molecule has 0 saturated carbocycles. The number of ether oxygens (including phenoxy) is 2. The van der Waals surface area contributed by atoms with Crippen LogP contribution in [0.4, 0.5) is 0 Å². The van der Waals surface area contributed by atoms with Crippen molar-refractivity contribution >= 4 is 11.8 Å². The molecule has 0 bridgehead atoms. The second kappa shape index (κ2) is 8.23. The van der Waals surface area contributed by atoms with Crippen molar-refractivity contribution in [2.45, 2.75) is 32.1 Å². The fourth-order valence-corrected chi connectivity index (χ4v) is 3.44. The lowest BCUT2D eigenvalue weighted by Crippen LogP contribution is -2.43. The number of carbonyl (C=O) groups is 2. The molecule has 1 unspecified atom stereocenters. The summed E-state index contributed by atoms with van der Waals surface area (Å²) in [4.78, 5) is 25.8.